The number of anilines is 1. The molecule has 1 unspecified atom stereocenters. The second-order valence-corrected chi connectivity index (χ2v) is 5.49. The fourth-order valence-corrected chi connectivity index (χ4v) is 1.72. The highest BCUT2D eigenvalue weighted by Gasteiger charge is 2.34. The van der Waals surface area contributed by atoms with Crippen LogP contribution in [-0.4, -0.2) is 34.4 Å². The van der Waals surface area contributed by atoms with Crippen LogP contribution in [0, 0.1) is 0 Å². The standard InChI is InChI=1S/C12H12BrF3N2O4/c1-11(22,9(19)20)5-17-10(21)18-8-3-2-6(13)4-7(8)12(14,15)16/h2-4,22H,5H2,1H3,(H,19,20)(H2,17,18,21). The zero-order valence-corrected chi connectivity index (χ0v) is 12.7. The number of urea groups is 1. The first kappa shape index (κ1) is 18.2. The smallest absolute Gasteiger partial charge is 0.418 e. The van der Waals surface area contributed by atoms with E-state index in [1.165, 1.54) is 6.07 Å². The van der Waals surface area contributed by atoms with E-state index in [1.807, 2.05) is 10.6 Å². The number of nitrogens with one attached hydrogen (secondary N) is 2. The van der Waals surface area contributed by atoms with Crippen LogP contribution in [0.4, 0.5) is 23.7 Å². The van der Waals surface area contributed by atoms with Crippen molar-refractivity contribution in [2.24, 2.45) is 0 Å². The number of hydrogen-bond donors (Lipinski definition) is 4. The van der Waals surface area contributed by atoms with Crippen LogP contribution in [0.2, 0.25) is 0 Å². The van der Waals surface area contributed by atoms with Crippen LogP contribution in [-0.2, 0) is 11.0 Å². The van der Waals surface area contributed by atoms with Crippen molar-refractivity contribution in [3.8, 4) is 0 Å². The summed E-state index contributed by atoms with van der Waals surface area (Å²) in [5.74, 6) is -1.58. The summed E-state index contributed by atoms with van der Waals surface area (Å²) in [6.07, 6.45) is -4.68. The van der Waals surface area contributed by atoms with Gasteiger partial charge in [-0.25, -0.2) is 9.59 Å². The predicted octanol–water partition coefficient (Wildman–Crippen LogP) is 2.42. The molecule has 0 aliphatic carbocycles. The molecule has 0 bridgehead atoms. The predicted molar refractivity (Wildman–Crippen MR) is 74.4 cm³/mol. The van der Waals surface area contributed by atoms with E-state index >= 15 is 0 Å². The van der Waals surface area contributed by atoms with E-state index in [9.17, 15) is 27.9 Å². The summed E-state index contributed by atoms with van der Waals surface area (Å²) in [7, 11) is 0. The fourth-order valence-electron chi connectivity index (χ4n) is 1.35. The molecular formula is C12H12BrF3N2O4. The SMILES string of the molecule is CC(O)(CNC(=O)Nc1ccc(Br)cc1C(F)(F)F)C(=O)O. The molecule has 1 aromatic rings. The number of alkyl halides is 3. The van der Waals surface area contributed by atoms with Gasteiger partial charge >= 0.3 is 18.2 Å². The molecule has 4 N–H and O–H groups in total. The zero-order valence-electron chi connectivity index (χ0n) is 11.2. The van der Waals surface area contributed by atoms with Crippen molar-refractivity contribution in [2.45, 2.75) is 18.7 Å². The van der Waals surface area contributed by atoms with Crippen molar-refractivity contribution in [3.05, 3.63) is 28.2 Å². The van der Waals surface area contributed by atoms with Crippen molar-refractivity contribution in [3.63, 3.8) is 0 Å². The summed E-state index contributed by atoms with van der Waals surface area (Å²) in [6.45, 7) is 0.266. The lowest BCUT2D eigenvalue weighted by atomic mass is 10.1. The number of carboxylic acid groups (broad SMARTS) is 1. The fraction of sp³-hybridized carbons (Fsp3) is 0.333. The maximum atomic E-state index is 12.8. The maximum Gasteiger partial charge on any atom is 0.418 e. The Morgan fingerprint density at radius 2 is 1.91 bits per heavy atom. The lowest BCUT2D eigenvalue weighted by Gasteiger charge is -2.19. The minimum absolute atomic E-state index is 0.180. The molecule has 0 aromatic heterocycles. The van der Waals surface area contributed by atoms with E-state index in [1.54, 1.807) is 0 Å². The minimum Gasteiger partial charge on any atom is -0.479 e. The van der Waals surface area contributed by atoms with Gasteiger partial charge in [-0.15, -0.1) is 0 Å². The average molecular weight is 385 g/mol. The second-order valence-electron chi connectivity index (χ2n) is 4.57. The summed E-state index contributed by atoms with van der Waals surface area (Å²) in [5.41, 5.74) is -3.80. The largest absolute Gasteiger partial charge is 0.479 e. The van der Waals surface area contributed by atoms with Crippen LogP contribution in [0.3, 0.4) is 0 Å². The molecule has 0 saturated carbocycles. The molecule has 0 fully saturated rings. The highest BCUT2D eigenvalue weighted by molar-refractivity contribution is 9.10. The Morgan fingerprint density at radius 3 is 2.41 bits per heavy atom. The second kappa shape index (κ2) is 6.53. The summed E-state index contributed by atoms with van der Waals surface area (Å²) in [4.78, 5) is 22.2. The third-order valence-electron chi connectivity index (χ3n) is 2.59. The van der Waals surface area contributed by atoms with Gasteiger partial charge in [0.15, 0.2) is 5.60 Å². The van der Waals surface area contributed by atoms with Gasteiger partial charge in [0.1, 0.15) is 0 Å². The summed E-state index contributed by atoms with van der Waals surface area (Å²) < 4.78 is 38.7. The van der Waals surface area contributed by atoms with Gasteiger partial charge in [-0.2, -0.15) is 13.2 Å². The molecule has 1 atom stereocenters. The minimum atomic E-state index is -4.68. The highest BCUT2D eigenvalue weighted by atomic mass is 79.9. The highest BCUT2D eigenvalue weighted by Crippen LogP contribution is 2.36. The van der Waals surface area contributed by atoms with Gasteiger partial charge in [-0.3, -0.25) is 0 Å². The molecule has 122 valence electrons. The van der Waals surface area contributed by atoms with Crippen molar-refractivity contribution in [1.82, 2.24) is 5.32 Å². The van der Waals surface area contributed by atoms with Gasteiger partial charge in [0.05, 0.1) is 17.8 Å². The van der Waals surface area contributed by atoms with Gasteiger partial charge in [-0.1, -0.05) is 15.9 Å². The van der Waals surface area contributed by atoms with Crippen molar-refractivity contribution >= 4 is 33.6 Å². The number of benzene rings is 1. The lowest BCUT2D eigenvalue weighted by molar-refractivity contribution is -0.155. The Kier molecular flexibility index (Phi) is 5.41. The summed E-state index contributed by atoms with van der Waals surface area (Å²) in [5, 5.41) is 22.0. The third kappa shape index (κ3) is 4.88. The first-order valence-corrected chi connectivity index (χ1v) is 6.60. The van der Waals surface area contributed by atoms with Gasteiger partial charge < -0.3 is 20.8 Å². The molecule has 0 saturated heterocycles. The quantitative estimate of drug-likeness (QED) is 0.640. The van der Waals surface area contributed by atoms with Crippen molar-refractivity contribution in [1.29, 1.82) is 0 Å². The molecule has 0 heterocycles. The topological polar surface area (TPSA) is 98.7 Å². The van der Waals surface area contributed by atoms with Crippen LogP contribution in [0.5, 0.6) is 0 Å². The van der Waals surface area contributed by atoms with E-state index in [4.69, 9.17) is 5.11 Å². The molecule has 22 heavy (non-hydrogen) atoms. The number of carboxylic acids is 1. The van der Waals surface area contributed by atoms with E-state index in [0.717, 1.165) is 19.1 Å². The summed E-state index contributed by atoms with van der Waals surface area (Å²) in [6, 6.07) is 2.07. The van der Waals surface area contributed by atoms with Crippen molar-refractivity contribution < 1.29 is 33.0 Å². The molecule has 0 radical (unpaired) electrons. The van der Waals surface area contributed by atoms with E-state index in [2.05, 4.69) is 15.9 Å². The van der Waals surface area contributed by atoms with Crippen LogP contribution in [0.1, 0.15) is 12.5 Å². The number of rotatable bonds is 4. The Bertz CT molecular complexity index is 590. The molecule has 0 aliphatic heterocycles. The zero-order chi connectivity index (χ0) is 17.1. The van der Waals surface area contributed by atoms with Gasteiger partial charge in [0.25, 0.3) is 0 Å². The Balaban J connectivity index is 2.83. The Hall–Kier alpha value is -1.81. The Labute approximate surface area is 131 Å². The number of aliphatic hydroxyl groups is 1. The van der Waals surface area contributed by atoms with E-state index in [0.29, 0.717) is 0 Å². The molecular weight excluding hydrogens is 373 g/mol. The number of aliphatic carboxylic acids is 1. The van der Waals surface area contributed by atoms with Gasteiger partial charge in [0, 0.05) is 4.47 Å². The maximum absolute atomic E-state index is 12.8. The third-order valence-corrected chi connectivity index (χ3v) is 3.08. The van der Waals surface area contributed by atoms with Crippen LogP contribution in [0.25, 0.3) is 0 Å². The molecule has 0 spiro atoms. The van der Waals surface area contributed by atoms with Crippen LogP contribution >= 0.6 is 15.9 Å². The van der Waals surface area contributed by atoms with Crippen LogP contribution < -0.4 is 10.6 Å². The molecule has 6 nitrogen and oxygen atoms in total. The Morgan fingerprint density at radius 1 is 1.32 bits per heavy atom. The van der Waals surface area contributed by atoms with Crippen molar-refractivity contribution in [2.75, 3.05) is 11.9 Å². The van der Waals surface area contributed by atoms with Gasteiger partial charge in [0.2, 0.25) is 0 Å². The number of carbonyl (C=O) groups excluding carboxylic acids is 1. The van der Waals surface area contributed by atoms with E-state index in [-0.39, 0.29) is 4.47 Å². The monoisotopic (exact) mass is 384 g/mol. The summed E-state index contributed by atoms with van der Waals surface area (Å²) >= 11 is 2.90. The molecule has 2 amide bonds. The molecule has 1 aromatic carbocycles. The number of halogens is 4. The number of carbonyl (C=O) groups is 2. The first-order valence-electron chi connectivity index (χ1n) is 5.81. The first-order chi connectivity index (χ1) is 9.93. The number of amides is 2. The molecule has 10 heteroatoms. The average Bonchev–Trinajstić information content (AvgIpc) is 2.37. The molecule has 0 aliphatic rings. The number of hydrogen-bond acceptors (Lipinski definition) is 3. The lowest BCUT2D eigenvalue weighted by Crippen LogP contribution is -2.47. The normalized spacial score (nSPS) is 14.1. The van der Waals surface area contributed by atoms with E-state index < -0.39 is 41.6 Å². The van der Waals surface area contributed by atoms with Gasteiger partial charge in [-0.05, 0) is 25.1 Å². The molecule has 1 rings (SSSR count). The van der Waals surface area contributed by atoms with Crippen LogP contribution in [0.15, 0.2) is 22.7 Å².